The first-order chi connectivity index (χ1) is 16.0. The third-order valence-electron chi connectivity index (χ3n) is 6.10. The minimum Gasteiger partial charge on any atom is -0.412 e. The lowest BCUT2D eigenvalue weighted by atomic mass is 10.2. The second kappa shape index (κ2) is 8.95. The Hall–Kier alpha value is -3.24. The quantitative estimate of drug-likeness (QED) is 0.568. The fraction of sp³-hybridized carbons (Fsp3) is 0.348. The molecule has 2 aliphatic heterocycles. The van der Waals surface area contributed by atoms with Crippen LogP contribution in [0.5, 0.6) is 0 Å². The van der Waals surface area contributed by atoms with Crippen LogP contribution in [0.2, 0.25) is 0 Å². The fourth-order valence-corrected chi connectivity index (χ4v) is 5.73. The van der Waals surface area contributed by atoms with Crippen molar-refractivity contribution in [1.82, 2.24) is 19.4 Å². The van der Waals surface area contributed by atoms with E-state index < -0.39 is 10.0 Å². The highest BCUT2D eigenvalue weighted by Crippen LogP contribution is 2.25. The summed E-state index contributed by atoms with van der Waals surface area (Å²) in [6.45, 7) is 3.69. The molecule has 0 atom stereocenters. The van der Waals surface area contributed by atoms with Crippen molar-refractivity contribution in [1.29, 1.82) is 0 Å². The highest BCUT2D eigenvalue weighted by molar-refractivity contribution is 7.89. The number of carbonyl (C=O) groups is 1. The highest BCUT2D eigenvalue weighted by Gasteiger charge is 2.28. The Kier molecular flexibility index (Phi) is 5.86. The van der Waals surface area contributed by atoms with Crippen LogP contribution in [0.3, 0.4) is 0 Å². The van der Waals surface area contributed by atoms with Crippen LogP contribution >= 0.6 is 0 Å². The van der Waals surface area contributed by atoms with Crippen LogP contribution in [0.1, 0.15) is 23.5 Å². The molecule has 1 aromatic heterocycles. The molecule has 9 nitrogen and oxygen atoms in total. The minimum absolute atomic E-state index is 0.0630. The number of amides is 1. The summed E-state index contributed by atoms with van der Waals surface area (Å²) in [5.41, 5.74) is 1.70. The van der Waals surface area contributed by atoms with E-state index in [0.717, 1.165) is 31.6 Å². The lowest BCUT2D eigenvalue weighted by Gasteiger charge is -2.35. The van der Waals surface area contributed by atoms with E-state index in [1.807, 2.05) is 18.2 Å². The first kappa shape index (κ1) is 21.6. The molecule has 0 radical (unpaired) electrons. The molecule has 3 aromatic rings. The van der Waals surface area contributed by atoms with Crippen LogP contribution in [0.4, 0.5) is 5.69 Å². The van der Waals surface area contributed by atoms with Gasteiger partial charge in [-0.05, 0) is 49.2 Å². The minimum atomic E-state index is -3.48. The summed E-state index contributed by atoms with van der Waals surface area (Å²) in [6, 6.07) is 16.4. The molecule has 2 aromatic carbocycles. The Bertz CT molecular complexity index is 1210. The molecule has 3 heterocycles. The Balaban J connectivity index is 1.24. The molecule has 2 saturated heterocycles. The standard InChI is InChI=1S/C23H25N5O4S/c29-23(27-16-14-26(15-17-27)19-6-2-1-3-7-19)22-25-24-21(32-22)18-8-10-20(11-9-18)33(30,31)28-12-4-5-13-28/h1-3,6-11H,4-5,12-17H2. The zero-order chi connectivity index (χ0) is 22.8. The van der Waals surface area contributed by atoms with Crippen molar-refractivity contribution >= 4 is 21.6 Å². The van der Waals surface area contributed by atoms with Gasteiger partial charge in [-0.1, -0.05) is 18.2 Å². The number of aromatic nitrogens is 2. The summed E-state index contributed by atoms with van der Waals surface area (Å²) in [4.78, 5) is 17.0. The molecule has 10 heteroatoms. The number of benzene rings is 2. The summed E-state index contributed by atoms with van der Waals surface area (Å²) < 4.78 is 32.5. The van der Waals surface area contributed by atoms with Gasteiger partial charge in [-0.15, -0.1) is 10.2 Å². The van der Waals surface area contributed by atoms with E-state index in [4.69, 9.17) is 4.42 Å². The van der Waals surface area contributed by atoms with Gasteiger partial charge in [0.05, 0.1) is 4.90 Å². The average molecular weight is 468 g/mol. The lowest BCUT2D eigenvalue weighted by Crippen LogP contribution is -2.48. The topological polar surface area (TPSA) is 99.8 Å². The molecule has 0 N–H and O–H groups in total. The van der Waals surface area contributed by atoms with E-state index >= 15 is 0 Å². The van der Waals surface area contributed by atoms with E-state index in [9.17, 15) is 13.2 Å². The molecule has 2 aliphatic rings. The monoisotopic (exact) mass is 467 g/mol. The van der Waals surface area contributed by atoms with E-state index in [-0.39, 0.29) is 22.6 Å². The van der Waals surface area contributed by atoms with Gasteiger partial charge >= 0.3 is 11.8 Å². The number of para-hydroxylation sites is 1. The largest absolute Gasteiger partial charge is 0.412 e. The van der Waals surface area contributed by atoms with Gasteiger partial charge in [-0.3, -0.25) is 4.79 Å². The second-order valence-electron chi connectivity index (χ2n) is 8.16. The number of piperazine rings is 1. The maximum atomic E-state index is 12.8. The summed E-state index contributed by atoms with van der Waals surface area (Å²) in [7, 11) is -3.48. The Morgan fingerprint density at radius 2 is 1.48 bits per heavy atom. The van der Waals surface area contributed by atoms with Gasteiger partial charge < -0.3 is 14.2 Å². The summed E-state index contributed by atoms with van der Waals surface area (Å²) in [6.07, 6.45) is 1.77. The molecular weight excluding hydrogens is 442 g/mol. The number of anilines is 1. The van der Waals surface area contributed by atoms with Crippen molar-refractivity contribution in [3.63, 3.8) is 0 Å². The third kappa shape index (κ3) is 4.36. The fourth-order valence-electron chi connectivity index (χ4n) is 4.22. The van der Waals surface area contributed by atoms with Crippen molar-refractivity contribution in [2.45, 2.75) is 17.7 Å². The summed E-state index contributed by atoms with van der Waals surface area (Å²) in [5.74, 6) is -0.173. The molecule has 0 aliphatic carbocycles. The third-order valence-corrected chi connectivity index (χ3v) is 8.01. The SMILES string of the molecule is O=C(c1nnc(-c2ccc(S(=O)(=O)N3CCCC3)cc2)o1)N1CCN(c2ccccc2)CC1. The molecule has 2 fully saturated rings. The van der Waals surface area contributed by atoms with Crippen LogP contribution in [0.15, 0.2) is 63.9 Å². The van der Waals surface area contributed by atoms with Crippen LogP contribution in [0.25, 0.3) is 11.5 Å². The van der Waals surface area contributed by atoms with Gasteiger partial charge in [0.15, 0.2) is 0 Å². The number of hydrogen-bond acceptors (Lipinski definition) is 7. The van der Waals surface area contributed by atoms with Crippen molar-refractivity contribution in [2.24, 2.45) is 0 Å². The molecule has 0 saturated carbocycles. The van der Waals surface area contributed by atoms with Crippen LogP contribution in [-0.4, -0.2) is 73.0 Å². The lowest BCUT2D eigenvalue weighted by molar-refractivity contribution is 0.0707. The number of carbonyl (C=O) groups excluding carboxylic acids is 1. The van der Waals surface area contributed by atoms with E-state index in [0.29, 0.717) is 31.7 Å². The molecule has 5 rings (SSSR count). The van der Waals surface area contributed by atoms with Crippen molar-refractivity contribution in [2.75, 3.05) is 44.2 Å². The smallest absolute Gasteiger partial charge is 0.311 e. The van der Waals surface area contributed by atoms with Gasteiger partial charge in [0.1, 0.15) is 0 Å². The van der Waals surface area contributed by atoms with Gasteiger partial charge in [0.25, 0.3) is 0 Å². The number of hydrogen-bond donors (Lipinski definition) is 0. The number of nitrogens with zero attached hydrogens (tertiary/aromatic N) is 5. The van der Waals surface area contributed by atoms with Crippen molar-refractivity contribution < 1.29 is 17.6 Å². The van der Waals surface area contributed by atoms with E-state index in [1.54, 1.807) is 17.0 Å². The number of sulfonamides is 1. The Morgan fingerprint density at radius 1 is 0.818 bits per heavy atom. The highest BCUT2D eigenvalue weighted by atomic mass is 32.2. The Labute approximate surface area is 192 Å². The van der Waals surface area contributed by atoms with Crippen LogP contribution in [-0.2, 0) is 10.0 Å². The van der Waals surface area contributed by atoms with E-state index in [2.05, 4.69) is 27.2 Å². The van der Waals surface area contributed by atoms with Gasteiger partial charge in [0, 0.05) is 50.5 Å². The first-order valence-corrected chi connectivity index (χ1v) is 12.5. The zero-order valence-corrected chi connectivity index (χ0v) is 18.9. The molecule has 0 spiro atoms. The maximum absolute atomic E-state index is 12.8. The van der Waals surface area contributed by atoms with Crippen LogP contribution in [0, 0.1) is 0 Å². The van der Waals surface area contributed by atoms with Crippen molar-refractivity contribution in [3.05, 3.63) is 60.5 Å². The van der Waals surface area contributed by atoms with Crippen LogP contribution < -0.4 is 4.90 Å². The molecule has 0 unspecified atom stereocenters. The molecular formula is C23H25N5O4S. The second-order valence-corrected chi connectivity index (χ2v) is 10.1. The molecule has 172 valence electrons. The van der Waals surface area contributed by atoms with Crippen molar-refractivity contribution in [3.8, 4) is 11.5 Å². The molecule has 33 heavy (non-hydrogen) atoms. The molecule has 1 amide bonds. The van der Waals surface area contributed by atoms with E-state index in [1.165, 1.54) is 16.4 Å². The summed E-state index contributed by atoms with van der Waals surface area (Å²) >= 11 is 0. The predicted molar refractivity (Wildman–Crippen MR) is 122 cm³/mol. The van der Waals surface area contributed by atoms with Gasteiger partial charge in [-0.2, -0.15) is 4.31 Å². The predicted octanol–water partition coefficient (Wildman–Crippen LogP) is 2.48. The van der Waals surface area contributed by atoms with Gasteiger partial charge in [0.2, 0.25) is 15.9 Å². The average Bonchev–Trinajstić information content (AvgIpc) is 3.58. The zero-order valence-electron chi connectivity index (χ0n) is 18.1. The Morgan fingerprint density at radius 3 is 2.15 bits per heavy atom. The number of rotatable bonds is 5. The molecule has 0 bridgehead atoms. The van der Waals surface area contributed by atoms with Gasteiger partial charge in [-0.25, -0.2) is 8.42 Å². The summed E-state index contributed by atoms with van der Waals surface area (Å²) in [5, 5.41) is 7.93. The maximum Gasteiger partial charge on any atom is 0.311 e. The normalized spacial score (nSPS) is 17.5. The first-order valence-electron chi connectivity index (χ1n) is 11.1.